The lowest BCUT2D eigenvalue weighted by Crippen LogP contribution is -2.62. The first-order valence-electron chi connectivity index (χ1n) is 44.2. The van der Waals surface area contributed by atoms with Gasteiger partial charge in [0, 0.05) is 56.1 Å². The van der Waals surface area contributed by atoms with E-state index in [4.69, 9.17) is 11.5 Å². The summed E-state index contributed by atoms with van der Waals surface area (Å²) in [5.74, 6) is -20.0. The number of nitrogens with one attached hydrogen (secondary N) is 18. The maximum Gasteiger partial charge on any atom is 0.303 e. The first-order valence-corrected chi connectivity index (χ1v) is 44.2. The molecule has 4 rings (SSSR count). The van der Waals surface area contributed by atoms with Crippen molar-refractivity contribution in [2.75, 3.05) is 0 Å². The monoisotopic (exact) mass is 1860 g/mol. The predicted molar refractivity (Wildman–Crippen MR) is 486 cm³/mol. The number of aromatic amines is 1. The summed E-state index contributed by atoms with van der Waals surface area (Å²) in [5.41, 5.74) is 12.6. The number of hydrogen-bond acceptors (Lipinski definition) is 22. The van der Waals surface area contributed by atoms with E-state index in [0.717, 1.165) is 0 Å². The van der Waals surface area contributed by atoms with E-state index in [1.165, 1.54) is 86.6 Å². The van der Waals surface area contributed by atoms with Crippen LogP contribution in [0.2, 0.25) is 0 Å². The van der Waals surface area contributed by atoms with E-state index < -0.39 is 259 Å². The number of fused-ring (bicyclic) bond motifs is 1. The van der Waals surface area contributed by atoms with Gasteiger partial charge < -0.3 is 122 Å². The number of primary amides is 2. The lowest BCUT2D eigenvalue weighted by atomic mass is 9.99. The topological polar surface area (TPSA) is 674 Å². The molecule has 25 N–H and O–H groups in total. The van der Waals surface area contributed by atoms with E-state index in [1.807, 2.05) is 0 Å². The van der Waals surface area contributed by atoms with Crippen molar-refractivity contribution in [1.29, 1.82) is 0 Å². The average Bonchev–Trinajstić information content (AvgIpc) is 1.68. The molecular formula is C90H134N20O23. The quantitative estimate of drug-likeness (QED) is 0.0217. The van der Waals surface area contributed by atoms with E-state index in [0.29, 0.717) is 27.6 Å². The summed E-state index contributed by atoms with van der Waals surface area (Å²) >= 11 is 0. The van der Waals surface area contributed by atoms with E-state index in [1.54, 1.807) is 116 Å². The Hall–Kier alpha value is -13.6. The van der Waals surface area contributed by atoms with Gasteiger partial charge in [-0.25, -0.2) is 0 Å². The maximum absolute atomic E-state index is 15.2. The van der Waals surface area contributed by atoms with Crippen LogP contribution in [0.4, 0.5) is 0 Å². The number of nitrogens with two attached hydrogens (primary N) is 2. The Labute approximate surface area is 772 Å². The molecule has 1 aromatic heterocycles. The van der Waals surface area contributed by atoms with Gasteiger partial charge >= 0.3 is 5.97 Å². The summed E-state index contributed by atoms with van der Waals surface area (Å²) in [7, 11) is 0. The predicted octanol–water partition coefficient (Wildman–Crippen LogP) is -2.52. The highest BCUT2D eigenvalue weighted by atomic mass is 16.4. The van der Waals surface area contributed by atoms with Crippen LogP contribution in [0.15, 0.2) is 85.1 Å². The van der Waals surface area contributed by atoms with Crippen molar-refractivity contribution in [2.24, 2.45) is 35.1 Å². The number of H-pyrrole nitrogens is 1. The number of amides is 19. The van der Waals surface area contributed by atoms with Crippen LogP contribution in [-0.2, 0) is 115 Å². The Kier molecular flexibility index (Phi) is 45.5. The molecule has 133 heavy (non-hydrogen) atoms. The van der Waals surface area contributed by atoms with Crippen molar-refractivity contribution in [1.82, 2.24) is 95.4 Å². The second kappa shape index (κ2) is 54.2. The molecule has 732 valence electrons. The summed E-state index contributed by atoms with van der Waals surface area (Å²) in [5, 5.41) is 74.7. The molecule has 4 aromatic rings. The van der Waals surface area contributed by atoms with Gasteiger partial charge in [-0.3, -0.25) is 95.9 Å². The number of aromatic nitrogens is 1. The second-order valence-electron chi connectivity index (χ2n) is 35.1. The number of para-hydroxylation sites is 1. The normalized spacial score (nSPS) is 15.3. The number of benzene rings is 3. The van der Waals surface area contributed by atoms with Gasteiger partial charge in [0.15, 0.2) is 0 Å². The largest absolute Gasteiger partial charge is 0.508 e. The highest BCUT2D eigenvalue weighted by Crippen LogP contribution is 2.22. The standard InChI is InChI=1S/C90H134N20O23/c1-43(2)35-64(101-55(17)112)89(132)110-73(54(16)111)90(133)109-69(39-56-23-19-18-20-24-56)88(131)106-66(37-45(5)6)85(128)103-63(32-34-72(115)116)82(125)107-68(40-57-27-29-59(113)30-28-57)87(130)108-70(41-58-42-93-61-26-22-21-25-60(58)61)84(127)100-53(15)80(123)102-62(31-33-71(91)114)81(124)104-67(38-46(7)8)86(129)105-65(36-44(3)4)83(126)99-52(14)79(122)98-51(13)78(121)97-50(12)77(120)96-49(11)76(119)95-48(10)75(118)94-47(9)74(92)117/h18-30,42-54,62-70,73,93,111,113H,31-41H2,1-17H3,(H2,91,114)(H2,92,117)(H,94,118)(H,95,119)(H,96,120)(H,97,121)(H,98,122)(H,99,126)(H,100,127)(H,101,112)(H,102,123)(H,103,128)(H,104,124)(H,105,129)(H,106,131)(H,107,125)(H,108,130)(H,109,133)(H,110,132)(H,115,116)/t47-,48-,49-,50-,51-,52-,53-,54+,62-,63-,64-,65-,66-,67-,68-,69-,70-,73-/m0/s1. The fourth-order valence-electron chi connectivity index (χ4n) is 13.7. The van der Waals surface area contributed by atoms with Crippen LogP contribution in [0.1, 0.15) is 186 Å². The molecule has 0 spiro atoms. The molecule has 0 aliphatic rings. The summed E-state index contributed by atoms with van der Waals surface area (Å²) in [6.07, 6.45) is -3.39. The first kappa shape index (κ1) is 112. The molecule has 0 fully saturated rings. The van der Waals surface area contributed by atoms with Crippen LogP contribution in [0.5, 0.6) is 5.75 Å². The second-order valence-corrected chi connectivity index (χ2v) is 35.1. The minimum absolute atomic E-state index is 0.0264. The van der Waals surface area contributed by atoms with Crippen LogP contribution < -0.4 is 102 Å². The highest BCUT2D eigenvalue weighted by molar-refractivity contribution is 6.02. The number of carboxylic acid groups (broad SMARTS) is 1. The molecule has 0 saturated carbocycles. The fraction of sp³-hybridized carbons (Fsp3) is 0.556. The van der Waals surface area contributed by atoms with Crippen LogP contribution >= 0.6 is 0 Å². The van der Waals surface area contributed by atoms with Crippen molar-refractivity contribution < 1.29 is 111 Å². The Morgan fingerprint density at radius 1 is 0.316 bits per heavy atom. The smallest absolute Gasteiger partial charge is 0.303 e. The number of carbonyl (C=O) groups excluding carboxylic acids is 19. The zero-order valence-corrected chi connectivity index (χ0v) is 78.2. The number of carbonyl (C=O) groups is 20. The lowest BCUT2D eigenvalue weighted by molar-refractivity contribution is -0.139. The van der Waals surface area contributed by atoms with Crippen LogP contribution in [0.3, 0.4) is 0 Å². The van der Waals surface area contributed by atoms with Crippen LogP contribution in [0, 0.1) is 23.7 Å². The van der Waals surface area contributed by atoms with E-state index in [2.05, 4.69) is 95.4 Å². The first-order chi connectivity index (χ1) is 62.2. The number of aliphatic hydroxyl groups is 1. The van der Waals surface area contributed by atoms with Gasteiger partial charge in [-0.05, 0) is 152 Å². The zero-order chi connectivity index (χ0) is 100. The van der Waals surface area contributed by atoms with Crippen molar-refractivity contribution in [3.05, 3.63) is 102 Å². The van der Waals surface area contributed by atoms with Crippen LogP contribution in [-0.4, -0.2) is 247 Å². The number of phenolic OH excluding ortho intramolecular Hbond substituents is 1. The van der Waals surface area contributed by atoms with Crippen molar-refractivity contribution in [2.45, 2.75) is 297 Å². The van der Waals surface area contributed by atoms with Crippen molar-refractivity contribution >= 4 is 129 Å². The van der Waals surface area contributed by atoms with Gasteiger partial charge in [0.2, 0.25) is 112 Å². The molecule has 0 saturated heterocycles. The number of aliphatic carboxylic acids is 1. The minimum atomic E-state index is -1.80. The molecule has 19 amide bonds. The number of aromatic hydroxyl groups is 1. The van der Waals surface area contributed by atoms with E-state index in [9.17, 15) is 102 Å². The number of carboxylic acids is 1. The molecule has 0 aliphatic carbocycles. The van der Waals surface area contributed by atoms with Crippen LogP contribution in [0.25, 0.3) is 10.9 Å². The zero-order valence-electron chi connectivity index (χ0n) is 78.2. The van der Waals surface area contributed by atoms with Gasteiger partial charge in [0.05, 0.1) is 6.10 Å². The third-order valence-electron chi connectivity index (χ3n) is 21.0. The fourth-order valence-corrected chi connectivity index (χ4v) is 13.7. The number of aliphatic hydroxyl groups excluding tert-OH is 1. The molecule has 43 heteroatoms. The Morgan fingerprint density at radius 2 is 0.609 bits per heavy atom. The summed E-state index contributed by atoms with van der Waals surface area (Å²) in [6.45, 7) is 25.4. The Morgan fingerprint density at radius 3 is 0.992 bits per heavy atom. The van der Waals surface area contributed by atoms with Gasteiger partial charge in [0.25, 0.3) is 0 Å². The molecular weight excluding hydrogens is 1730 g/mol. The average molecular weight is 1860 g/mol. The molecule has 0 aliphatic heterocycles. The van der Waals surface area contributed by atoms with Crippen molar-refractivity contribution in [3.63, 3.8) is 0 Å². The molecule has 18 atom stereocenters. The van der Waals surface area contributed by atoms with Gasteiger partial charge in [-0.2, -0.15) is 0 Å². The maximum atomic E-state index is 15.2. The third kappa shape index (κ3) is 39.1. The van der Waals surface area contributed by atoms with E-state index >= 15 is 9.59 Å². The molecule has 0 radical (unpaired) electrons. The highest BCUT2D eigenvalue weighted by Gasteiger charge is 2.40. The number of rotatable bonds is 55. The van der Waals surface area contributed by atoms with Crippen molar-refractivity contribution in [3.8, 4) is 5.75 Å². The molecule has 0 bridgehead atoms. The van der Waals surface area contributed by atoms with Gasteiger partial charge in [-0.1, -0.05) is 116 Å². The summed E-state index contributed by atoms with van der Waals surface area (Å²) in [4.78, 5) is 277. The number of phenols is 1. The summed E-state index contributed by atoms with van der Waals surface area (Å²) in [6, 6.07) is -3.91. The Balaban J connectivity index is 1.61. The molecule has 3 aromatic carbocycles. The third-order valence-corrected chi connectivity index (χ3v) is 21.0. The number of hydrogen-bond donors (Lipinski definition) is 23. The molecule has 1 heterocycles. The van der Waals surface area contributed by atoms with Gasteiger partial charge in [0.1, 0.15) is 108 Å². The van der Waals surface area contributed by atoms with Gasteiger partial charge in [-0.15, -0.1) is 0 Å². The summed E-state index contributed by atoms with van der Waals surface area (Å²) < 4.78 is 0. The Bertz CT molecular complexity index is 4730. The molecule has 43 nitrogen and oxygen atoms in total. The molecule has 0 unspecified atom stereocenters. The minimum Gasteiger partial charge on any atom is -0.508 e. The van der Waals surface area contributed by atoms with E-state index in [-0.39, 0.29) is 67.9 Å². The lowest BCUT2D eigenvalue weighted by Gasteiger charge is -2.29. The SMILES string of the molecule is CC(=O)N[C@@H](CC(C)C)C(=O)N[C@H](C(=O)N[C@@H](Cc1ccccc1)C(=O)N[C@@H](CC(C)C)C(=O)N[C@@H](CCC(=O)O)C(=O)N[C@@H](Cc1ccc(O)cc1)C(=O)N[C@@H](Cc1c[nH]c2ccccc12)C(=O)N[C@@H](C)C(=O)N[C@@H](CCC(N)=O)C(=O)N[C@@H](CC(C)C)C(=O)N[C@@H](CC(C)C)C(=O)N[C@@H](C)C(=O)N[C@@H](C)C(=O)N[C@@H](C)C(=O)N[C@@H](C)C(=O)N[C@@H](C)C(=O)N[C@@H](C)C(N)=O)[C@@H](C)O.